The minimum absolute atomic E-state index is 0.0495. The van der Waals surface area contributed by atoms with Crippen LogP contribution in [-0.2, 0) is 15.8 Å². The van der Waals surface area contributed by atoms with Crippen molar-refractivity contribution >= 4 is 21.4 Å². The van der Waals surface area contributed by atoms with Gasteiger partial charge in [0, 0.05) is 4.88 Å². The van der Waals surface area contributed by atoms with Gasteiger partial charge in [0.25, 0.3) is 0 Å². The van der Waals surface area contributed by atoms with Crippen molar-refractivity contribution in [1.29, 1.82) is 0 Å². The fourth-order valence-corrected chi connectivity index (χ4v) is 4.44. The molecular weight excluding hydrogens is 306 g/mol. The van der Waals surface area contributed by atoms with Gasteiger partial charge in [-0.25, -0.2) is 13.1 Å². The maximum atomic E-state index is 12.3. The fourth-order valence-electron chi connectivity index (χ4n) is 2.07. The Labute approximate surface area is 129 Å². The number of benzene rings is 1. The minimum Gasteiger partial charge on any atom is -0.497 e. The van der Waals surface area contributed by atoms with Crippen molar-refractivity contribution in [2.75, 3.05) is 7.11 Å². The highest BCUT2D eigenvalue weighted by Gasteiger charge is 2.19. The molecule has 1 N–H and O–H groups in total. The number of ether oxygens (including phenoxy) is 1. The quantitative estimate of drug-likeness (QED) is 0.849. The van der Waals surface area contributed by atoms with Crippen LogP contribution in [0, 0.1) is 0 Å². The summed E-state index contributed by atoms with van der Waals surface area (Å²) < 4.78 is 32.5. The van der Waals surface area contributed by atoms with Crippen molar-refractivity contribution in [3.63, 3.8) is 0 Å². The summed E-state index contributed by atoms with van der Waals surface area (Å²) in [5, 5.41) is 1.95. The summed E-state index contributed by atoms with van der Waals surface area (Å²) in [6.07, 6.45) is 0.720. The van der Waals surface area contributed by atoms with Gasteiger partial charge in [-0.2, -0.15) is 0 Å². The number of hydrogen-bond acceptors (Lipinski definition) is 4. The van der Waals surface area contributed by atoms with E-state index in [-0.39, 0.29) is 11.8 Å². The van der Waals surface area contributed by atoms with Crippen LogP contribution >= 0.6 is 11.3 Å². The second-order valence-electron chi connectivity index (χ2n) is 4.70. The molecule has 0 spiro atoms. The van der Waals surface area contributed by atoms with Crippen molar-refractivity contribution in [1.82, 2.24) is 4.72 Å². The Morgan fingerprint density at radius 2 is 2.10 bits per heavy atom. The van der Waals surface area contributed by atoms with Crippen LogP contribution < -0.4 is 9.46 Å². The SMILES string of the molecule is CC[C@@H](NS(=O)(=O)Cc1cccc(OC)c1)c1cccs1. The van der Waals surface area contributed by atoms with Gasteiger partial charge in [0.2, 0.25) is 10.0 Å². The lowest BCUT2D eigenvalue weighted by Crippen LogP contribution is -2.29. The molecule has 114 valence electrons. The lowest BCUT2D eigenvalue weighted by molar-refractivity contribution is 0.414. The lowest BCUT2D eigenvalue weighted by atomic mass is 10.2. The molecule has 2 rings (SSSR count). The average Bonchev–Trinajstić information content (AvgIpc) is 2.98. The van der Waals surface area contributed by atoms with Crippen molar-refractivity contribution in [2.24, 2.45) is 0 Å². The molecule has 2 aromatic rings. The van der Waals surface area contributed by atoms with Gasteiger partial charge in [0.15, 0.2) is 0 Å². The topological polar surface area (TPSA) is 55.4 Å². The number of hydrogen-bond donors (Lipinski definition) is 1. The molecule has 0 aliphatic rings. The van der Waals surface area contributed by atoms with Crippen LogP contribution in [0.2, 0.25) is 0 Å². The number of methoxy groups -OCH3 is 1. The molecule has 0 saturated heterocycles. The van der Waals surface area contributed by atoms with Crippen LogP contribution in [0.3, 0.4) is 0 Å². The Hall–Kier alpha value is -1.37. The van der Waals surface area contributed by atoms with Crippen molar-refractivity contribution in [3.8, 4) is 5.75 Å². The first kappa shape index (κ1) is 16.0. The Morgan fingerprint density at radius 1 is 1.29 bits per heavy atom. The molecule has 6 heteroatoms. The van der Waals surface area contributed by atoms with E-state index in [0.717, 1.165) is 11.3 Å². The van der Waals surface area contributed by atoms with Crippen LogP contribution in [0.5, 0.6) is 5.75 Å². The van der Waals surface area contributed by atoms with Crippen LogP contribution in [0.25, 0.3) is 0 Å². The predicted octanol–water partition coefficient (Wildman–Crippen LogP) is 3.33. The van der Waals surface area contributed by atoms with Gasteiger partial charge in [-0.05, 0) is 35.6 Å². The summed E-state index contributed by atoms with van der Waals surface area (Å²) in [5.41, 5.74) is 0.711. The molecule has 1 aromatic heterocycles. The highest BCUT2D eigenvalue weighted by Crippen LogP contribution is 2.23. The van der Waals surface area contributed by atoms with Crippen molar-refractivity contribution in [3.05, 3.63) is 52.2 Å². The average molecular weight is 325 g/mol. The second-order valence-corrected chi connectivity index (χ2v) is 7.44. The normalized spacial score (nSPS) is 13.0. The maximum absolute atomic E-state index is 12.3. The molecule has 0 radical (unpaired) electrons. The fraction of sp³-hybridized carbons (Fsp3) is 0.333. The molecule has 1 aromatic carbocycles. The summed E-state index contributed by atoms with van der Waals surface area (Å²) in [4.78, 5) is 1.03. The molecular formula is C15H19NO3S2. The van der Waals surface area contributed by atoms with Crippen LogP contribution in [-0.4, -0.2) is 15.5 Å². The largest absolute Gasteiger partial charge is 0.497 e. The third kappa shape index (κ3) is 4.56. The van der Waals surface area contributed by atoms with Gasteiger partial charge >= 0.3 is 0 Å². The molecule has 1 heterocycles. The highest BCUT2D eigenvalue weighted by molar-refractivity contribution is 7.88. The molecule has 21 heavy (non-hydrogen) atoms. The number of thiophene rings is 1. The molecule has 0 unspecified atom stereocenters. The van der Waals surface area contributed by atoms with Crippen LogP contribution in [0.1, 0.15) is 29.8 Å². The van der Waals surface area contributed by atoms with E-state index in [0.29, 0.717) is 11.3 Å². The van der Waals surface area contributed by atoms with Gasteiger partial charge in [-0.3, -0.25) is 0 Å². The zero-order valence-corrected chi connectivity index (χ0v) is 13.7. The van der Waals surface area contributed by atoms with E-state index in [1.165, 1.54) is 0 Å². The van der Waals surface area contributed by atoms with Gasteiger partial charge in [0.1, 0.15) is 5.75 Å². The Kier molecular flexibility index (Phi) is 5.39. The molecule has 0 aliphatic carbocycles. The van der Waals surface area contributed by atoms with Gasteiger partial charge in [0.05, 0.1) is 18.9 Å². The Bertz CT molecular complexity index is 666. The van der Waals surface area contributed by atoms with E-state index in [1.54, 1.807) is 42.7 Å². The molecule has 0 bridgehead atoms. The number of rotatable bonds is 7. The zero-order chi connectivity index (χ0) is 15.3. The first-order valence-electron chi connectivity index (χ1n) is 6.70. The van der Waals surface area contributed by atoms with E-state index < -0.39 is 10.0 Å². The maximum Gasteiger partial charge on any atom is 0.216 e. The standard InChI is InChI=1S/C15H19NO3S2/c1-3-14(15-8-5-9-20-15)16-21(17,18)11-12-6-4-7-13(10-12)19-2/h4-10,14,16H,3,11H2,1-2H3/t14-/m1/s1. The predicted molar refractivity (Wildman–Crippen MR) is 86.1 cm³/mol. The molecule has 4 nitrogen and oxygen atoms in total. The van der Waals surface area contributed by atoms with E-state index in [2.05, 4.69) is 4.72 Å². The molecule has 0 amide bonds. The Morgan fingerprint density at radius 3 is 2.71 bits per heavy atom. The lowest BCUT2D eigenvalue weighted by Gasteiger charge is -2.16. The summed E-state index contributed by atoms with van der Waals surface area (Å²) in [6.45, 7) is 1.97. The monoisotopic (exact) mass is 325 g/mol. The second kappa shape index (κ2) is 7.06. The van der Waals surface area contributed by atoms with Gasteiger partial charge < -0.3 is 4.74 Å². The van der Waals surface area contributed by atoms with Crippen molar-refractivity contribution in [2.45, 2.75) is 25.1 Å². The van der Waals surface area contributed by atoms with Gasteiger partial charge in [-0.15, -0.1) is 11.3 Å². The van der Waals surface area contributed by atoms with E-state index in [1.807, 2.05) is 24.4 Å². The zero-order valence-electron chi connectivity index (χ0n) is 12.1. The van der Waals surface area contributed by atoms with E-state index in [4.69, 9.17) is 4.74 Å². The highest BCUT2D eigenvalue weighted by atomic mass is 32.2. The summed E-state index contributed by atoms with van der Waals surface area (Å²) in [5.74, 6) is 0.611. The summed E-state index contributed by atoms with van der Waals surface area (Å²) >= 11 is 1.56. The van der Waals surface area contributed by atoms with Crippen molar-refractivity contribution < 1.29 is 13.2 Å². The minimum atomic E-state index is -3.40. The smallest absolute Gasteiger partial charge is 0.216 e. The summed E-state index contributed by atoms with van der Waals surface area (Å²) in [7, 11) is -1.83. The molecule has 1 atom stereocenters. The summed E-state index contributed by atoms with van der Waals surface area (Å²) in [6, 6.07) is 10.8. The first-order valence-corrected chi connectivity index (χ1v) is 9.23. The van der Waals surface area contributed by atoms with Crippen LogP contribution in [0.4, 0.5) is 0 Å². The van der Waals surface area contributed by atoms with E-state index in [9.17, 15) is 8.42 Å². The molecule has 0 saturated carbocycles. The number of nitrogens with one attached hydrogen (secondary N) is 1. The molecule has 0 fully saturated rings. The third-order valence-corrected chi connectivity index (χ3v) is 5.45. The Balaban J connectivity index is 2.10. The van der Waals surface area contributed by atoms with Crippen LogP contribution in [0.15, 0.2) is 41.8 Å². The molecule has 0 aliphatic heterocycles. The first-order chi connectivity index (χ1) is 10.0. The third-order valence-electron chi connectivity index (χ3n) is 3.11. The van der Waals surface area contributed by atoms with E-state index >= 15 is 0 Å². The number of sulfonamides is 1. The van der Waals surface area contributed by atoms with Gasteiger partial charge in [-0.1, -0.05) is 25.1 Å².